The summed E-state index contributed by atoms with van der Waals surface area (Å²) in [5.41, 5.74) is 1.23. The number of aliphatic imine (C=N–C) groups is 1. The Bertz CT molecular complexity index is 508. The van der Waals surface area contributed by atoms with E-state index in [1.165, 1.54) is 37.7 Å². The van der Waals surface area contributed by atoms with Crippen molar-refractivity contribution in [2.24, 2.45) is 4.99 Å². The number of hydrogen-bond donors (Lipinski definition) is 2. The van der Waals surface area contributed by atoms with E-state index < -0.39 is 0 Å². The third-order valence-corrected chi connectivity index (χ3v) is 4.86. The maximum atomic E-state index is 5.95. The summed E-state index contributed by atoms with van der Waals surface area (Å²) in [6.07, 6.45) is 10.2. The summed E-state index contributed by atoms with van der Waals surface area (Å²) in [7, 11) is 1.82. The Labute approximate surface area is 188 Å². The third-order valence-electron chi connectivity index (χ3n) is 4.86. The van der Waals surface area contributed by atoms with Crippen LogP contribution in [0.3, 0.4) is 0 Å². The second kappa shape index (κ2) is 17.0. The molecule has 1 aliphatic rings. The van der Waals surface area contributed by atoms with E-state index in [1.807, 2.05) is 25.2 Å². The Morgan fingerprint density at radius 2 is 1.68 bits per heavy atom. The Hall–Kier alpha value is -0.860. The number of rotatable bonds is 12. The van der Waals surface area contributed by atoms with E-state index in [-0.39, 0.29) is 24.0 Å². The topological polar surface area (TPSA) is 54.9 Å². The zero-order chi connectivity index (χ0) is 19.0. The molecule has 2 rings (SSSR count). The fourth-order valence-electron chi connectivity index (χ4n) is 3.28. The van der Waals surface area contributed by atoms with E-state index >= 15 is 0 Å². The molecule has 0 aliphatic heterocycles. The van der Waals surface area contributed by atoms with E-state index in [0.717, 1.165) is 51.5 Å². The number of halogens is 1. The van der Waals surface area contributed by atoms with Crippen LogP contribution in [0, 0.1) is 0 Å². The second-order valence-electron chi connectivity index (χ2n) is 7.16. The van der Waals surface area contributed by atoms with Gasteiger partial charge in [0.1, 0.15) is 0 Å². The van der Waals surface area contributed by atoms with Crippen molar-refractivity contribution in [1.82, 2.24) is 10.6 Å². The smallest absolute Gasteiger partial charge is 0.190 e. The molecule has 0 bridgehead atoms. The highest BCUT2D eigenvalue weighted by Gasteiger charge is 2.12. The minimum Gasteiger partial charge on any atom is -0.378 e. The summed E-state index contributed by atoms with van der Waals surface area (Å²) in [5.74, 6) is 0.873. The largest absolute Gasteiger partial charge is 0.378 e. The van der Waals surface area contributed by atoms with Gasteiger partial charge >= 0.3 is 0 Å². The van der Waals surface area contributed by atoms with Gasteiger partial charge in [-0.3, -0.25) is 4.99 Å². The summed E-state index contributed by atoms with van der Waals surface area (Å²) < 4.78 is 11.7. The molecule has 160 valence electrons. The molecule has 6 heteroatoms. The van der Waals surface area contributed by atoms with E-state index in [9.17, 15) is 0 Å². The molecule has 5 nitrogen and oxygen atoms in total. The van der Waals surface area contributed by atoms with Crippen molar-refractivity contribution in [1.29, 1.82) is 0 Å². The first-order valence-corrected chi connectivity index (χ1v) is 10.6. The predicted molar refractivity (Wildman–Crippen MR) is 128 cm³/mol. The molecule has 1 aromatic rings. The van der Waals surface area contributed by atoms with Gasteiger partial charge < -0.3 is 20.1 Å². The van der Waals surface area contributed by atoms with Crippen LogP contribution in [-0.2, 0) is 16.1 Å². The molecule has 1 fully saturated rings. The average Bonchev–Trinajstić information content (AvgIpc) is 2.73. The summed E-state index contributed by atoms with van der Waals surface area (Å²) >= 11 is 0. The van der Waals surface area contributed by atoms with E-state index in [2.05, 4.69) is 27.8 Å². The zero-order valence-corrected chi connectivity index (χ0v) is 19.7. The normalized spacial score (nSPS) is 15.1. The molecular weight excluding hydrogens is 465 g/mol. The number of nitrogens with one attached hydrogen (secondary N) is 2. The first-order valence-electron chi connectivity index (χ1n) is 10.6. The standard InChI is InChI=1S/C22H37N3O2.HI/c1-23-22(25-16-10-18-27-21-13-6-3-7-14-21)24-15-8-9-17-26-19-20-11-4-2-5-12-20;/h2,4-5,11-12,21H,3,6-10,13-19H2,1H3,(H2,23,24,25);1H. The average molecular weight is 503 g/mol. The van der Waals surface area contributed by atoms with Crippen molar-refractivity contribution >= 4 is 29.9 Å². The van der Waals surface area contributed by atoms with Gasteiger partial charge in [0.15, 0.2) is 5.96 Å². The highest BCUT2D eigenvalue weighted by molar-refractivity contribution is 14.0. The molecule has 1 aromatic carbocycles. The monoisotopic (exact) mass is 503 g/mol. The van der Waals surface area contributed by atoms with Gasteiger partial charge in [0.25, 0.3) is 0 Å². The molecule has 0 amide bonds. The lowest BCUT2D eigenvalue weighted by Crippen LogP contribution is -2.38. The van der Waals surface area contributed by atoms with Gasteiger partial charge in [-0.25, -0.2) is 0 Å². The van der Waals surface area contributed by atoms with Gasteiger partial charge in [0.2, 0.25) is 0 Å². The van der Waals surface area contributed by atoms with Crippen molar-refractivity contribution in [3.8, 4) is 0 Å². The van der Waals surface area contributed by atoms with Crippen LogP contribution in [-0.4, -0.2) is 45.4 Å². The Balaban J connectivity index is 0.00000392. The van der Waals surface area contributed by atoms with Gasteiger partial charge in [0.05, 0.1) is 12.7 Å². The van der Waals surface area contributed by atoms with E-state index in [0.29, 0.717) is 12.7 Å². The second-order valence-corrected chi connectivity index (χ2v) is 7.16. The molecule has 0 spiro atoms. The van der Waals surface area contributed by atoms with E-state index in [4.69, 9.17) is 9.47 Å². The van der Waals surface area contributed by atoms with Crippen LogP contribution < -0.4 is 10.6 Å². The molecular formula is C22H38IN3O2. The van der Waals surface area contributed by atoms with Gasteiger partial charge in [-0.05, 0) is 37.7 Å². The van der Waals surface area contributed by atoms with Crippen LogP contribution in [0.1, 0.15) is 56.9 Å². The molecule has 1 aliphatic carbocycles. The molecule has 0 aromatic heterocycles. The van der Waals surface area contributed by atoms with Crippen LogP contribution >= 0.6 is 24.0 Å². The van der Waals surface area contributed by atoms with Crippen LogP contribution in [0.4, 0.5) is 0 Å². The lowest BCUT2D eigenvalue weighted by molar-refractivity contribution is 0.0277. The highest BCUT2D eigenvalue weighted by Crippen LogP contribution is 2.20. The molecule has 28 heavy (non-hydrogen) atoms. The summed E-state index contributed by atoms with van der Waals surface area (Å²) in [6, 6.07) is 10.3. The first kappa shape index (κ1) is 25.2. The number of unbranched alkanes of at least 4 members (excludes halogenated alkanes) is 1. The van der Waals surface area contributed by atoms with Crippen LogP contribution in [0.5, 0.6) is 0 Å². The molecule has 0 heterocycles. The molecule has 0 atom stereocenters. The quantitative estimate of drug-likeness (QED) is 0.191. The van der Waals surface area contributed by atoms with Gasteiger partial charge in [-0.2, -0.15) is 0 Å². The molecule has 0 unspecified atom stereocenters. The van der Waals surface area contributed by atoms with Crippen molar-refractivity contribution < 1.29 is 9.47 Å². The number of guanidine groups is 1. The fourth-order valence-corrected chi connectivity index (χ4v) is 3.28. The van der Waals surface area contributed by atoms with Crippen LogP contribution in [0.2, 0.25) is 0 Å². The minimum absolute atomic E-state index is 0. The van der Waals surface area contributed by atoms with Crippen LogP contribution in [0.25, 0.3) is 0 Å². The van der Waals surface area contributed by atoms with Crippen molar-refractivity contribution in [3.63, 3.8) is 0 Å². The van der Waals surface area contributed by atoms with Crippen molar-refractivity contribution in [2.45, 2.75) is 64.1 Å². The summed E-state index contributed by atoms with van der Waals surface area (Å²) in [4.78, 5) is 4.27. The highest BCUT2D eigenvalue weighted by atomic mass is 127. The lowest BCUT2D eigenvalue weighted by Gasteiger charge is -2.22. The number of nitrogens with zero attached hydrogens (tertiary/aromatic N) is 1. The first-order chi connectivity index (χ1) is 13.4. The van der Waals surface area contributed by atoms with Crippen molar-refractivity contribution in [2.75, 3.05) is 33.4 Å². The Kier molecular flexibility index (Phi) is 15.3. The third kappa shape index (κ3) is 11.9. The number of benzene rings is 1. The minimum atomic E-state index is 0. The maximum absolute atomic E-state index is 5.95. The van der Waals surface area contributed by atoms with Gasteiger partial charge in [-0.15, -0.1) is 24.0 Å². The predicted octanol–water partition coefficient (Wildman–Crippen LogP) is 4.51. The Morgan fingerprint density at radius 1 is 0.964 bits per heavy atom. The maximum Gasteiger partial charge on any atom is 0.190 e. The SMILES string of the molecule is CN=C(NCCCCOCc1ccccc1)NCCCOC1CCCCC1.I. The molecule has 2 N–H and O–H groups in total. The van der Waals surface area contributed by atoms with Gasteiger partial charge in [0, 0.05) is 33.4 Å². The van der Waals surface area contributed by atoms with E-state index in [1.54, 1.807) is 0 Å². The van der Waals surface area contributed by atoms with Gasteiger partial charge in [-0.1, -0.05) is 49.6 Å². The molecule has 0 radical (unpaired) electrons. The molecule has 1 saturated carbocycles. The summed E-state index contributed by atoms with van der Waals surface area (Å²) in [5, 5.41) is 6.72. The zero-order valence-electron chi connectivity index (χ0n) is 17.3. The summed E-state index contributed by atoms with van der Waals surface area (Å²) in [6.45, 7) is 4.13. The molecule has 0 saturated heterocycles. The number of ether oxygens (including phenoxy) is 2. The van der Waals surface area contributed by atoms with Crippen LogP contribution in [0.15, 0.2) is 35.3 Å². The fraction of sp³-hybridized carbons (Fsp3) is 0.682. The van der Waals surface area contributed by atoms with Crippen molar-refractivity contribution in [3.05, 3.63) is 35.9 Å². The Morgan fingerprint density at radius 3 is 2.39 bits per heavy atom. The number of hydrogen-bond acceptors (Lipinski definition) is 3. The lowest BCUT2D eigenvalue weighted by atomic mass is 9.98.